The first-order valence-electron chi connectivity index (χ1n) is 8.30. The molecular weight excluding hydrogens is 419 g/mol. The Balaban J connectivity index is 0.00000288. The van der Waals surface area contributed by atoms with Crippen molar-refractivity contribution in [1.29, 1.82) is 0 Å². The van der Waals surface area contributed by atoms with Gasteiger partial charge in [0.15, 0.2) is 5.96 Å². The Hall–Kier alpha value is -0.930. The number of aliphatic imine (C=N–C) groups is 1. The van der Waals surface area contributed by atoms with Gasteiger partial charge in [-0.15, -0.1) is 24.0 Å². The van der Waals surface area contributed by atoms with Crippen molar-refractivity contribution >= 4 is 29.9 Å². The van der Waals surface area contributed by atoms with Gasteiger partial charge in [0.1, 0.15) is 0 Å². The molecule has 2 N–H and O–H groups in total. The van der Waals surface area contributed by atoms with Crippen LogP contribution < -0.4 is 10.6 Å². The van der Waals surface area contributed by atoms with Crippen LogP contribution in [0.5, 0.6) is 0 Å². The van der Waals surface area contributed by atoms with Crippen LogP contribution in [-0.4, -0.2) is 51.0 Å². The maximum atomic E-state index is 5.69. The Bertz CT molecular complexity index is 493. The van der Waals surface area contributed by atoms with Gasteiger partial charge in [-0.3, -0.25) is 9.98 Å². The monoisotopic (exact) mass is 448 g/mol. The number of pyridine rings is 1. The molecule has 1 atom stereocenters. The number of guanidine groups is 1. The number of halogens is 1. The maximum absolute atomic E-state index is 5.69. The number of aryl methyl sites for hydroxylation is 1. The van der Waals surface area contributed by atoms with Crippen LogP contribution in [0.1, 0.15) is 24.1 Å². The molecule has 1 aliphatic heterocycles. The Morgan fingerprint density at radius 3 is 3.04 bits per heavy atom. The van der Waals surface area contributed by atoms with Gasteiger partial charge in [-0.1, -0.05) is 6.07 Å². The van der Waals surface area contributed by atoms with Crippen LogP contribution in [0, 0.1) is 12.8 Å². The summed E-state index contributed by atoms with van der Waals surface area (Å²) in [7, 11) is 1.78. The van der Waals surface area contributed by atoms with Gasteiger partial charge in [0, 0.05) is 38.9 Å². The SMILES string of the molecule is CN=C(NCCCOCC1CCOC1)NCc1ncccc1C.I. The Morgan fingerprint density at radius 2 is 2.33 bits per heavy atom. The summed E-state index contributed by atoms with van der Waals surface area (Å²) >= 11 is 0. The molecule has 24 heavy (non-hydrogen) atoms. The summed E-state index contributed by atoms with van der Waals surface area (Å²) in [6.07, 6.45) is 3.89. The van der Waals surface area contributed by atoms with Gasteiger partial charge >= 0.3 is 0 Å². The Morgan fingerprint density at radius 1 is 1.46 bits per heavy atom. The van der Waals surface area contributed by atoms with Crippen molar-refractivity contribution in [1.82, 2.24) is 15.6 Å². The van der Waals surface area contributed by atoms with E-state index < -0.39 is 0 Å². The van der Waals surface area contributed by atoms with Crippen molar-refractivity contribution in [3.8, 4) is 0 Å². The van der Waals surface area contributed by atoms with Crippen LogP contribution in [0.3, 0.4) is 0 Å². The standard InChI is InChI=1S/C17H28N4O2.HI/c1-14-5-3-7-19-16(14)11-21-17(18-2)20-8-4-9-22-12-15-6-10-23-13-15;/h3,5,7,15H,4,6,8-13H2,1-2H3,(H2,18,20,21);1H. The predicted molar refractivity (Wildman–Crippen MR) is 107 cm³/mol. The van der Waals surface area contributed by atoms with Crippen molar-refractivity contribution in [3.05, 3.63) is 29.6 Å². The molecule has 2 rings (SSSR count). The molecule has 0 aliphatic carbocycles. The fourth-order valence-corrected chi connectivity index (χ4v) is 2.44. The average Bonchev–Trinajstić information content (AvgIpc) is 3.08. The summed E-state index contributed by atoms with van der Waals surface area (Å²) in [5.41, 5.74) is 2.22. The van der Waals surface area contributed by atoms with E-state index in [2.05, 4.69) is 33.6 Å². The Labute approximate surface area is 161 Å². The predicted octanol–water partition coefficient (Wildman–Crippen LogP) is 2.12. The minimum absolute atomic E-state index is 0. The number of rotatable bonds is 8. The summed E-state index contributed by atoms with van der Waals surface area (Å²) in [5.74, 6) is 1.37. The quantitative estimate of drug-likeness (QED) is 0.276. The lowest BCUT2D eigenvalue weighted by atomic mass is 10.1. The molecule has 1 saturated heterocycles. The van der Waals surface area contributed by atoms with Crippen molar-refractivity contribution in [3.63, 3.8) is 0 Å². The highest BCUT2D eigenvalue weighted by molar-refractivity contribution is 14.0. The highest BCUT2D eigenvalue weighted by Crippen LogP contribution is 2.12. The second kappa shape index (κ2) is 12.4. The molecule has 1 aromatic heterocycles. The van der Waals surface area contributed by atoms with Crippen molar-refractivity contribution in [2.45, 2.75) is 26.3 Å². The molecule has 7 heteroatoms. The zero-order chi connectivity index (χ0) is 16.3. The van der Waals surface area contributed by atoms with Crippen LogP contribution in [0.15, 0.2) is 23.3 Å². The highest BCUT2D eigenvalue weighted by Gasteiger charge is 2.15. The lowest BCUT2D eigenvalue weighted by Crippen LogP contribution is -2.37. The first kappa shape index (κ1) is 21.1. The van der Waals surface area contributed by atoms with Crippen LogP contribution in [0.4, 0.5) is 0 Å². The topological polar surface area (TPSA) is 67.8 Å². The van der Waals surface area contributed by atoms with E-state index in [-0.39, 0.29) is 24.0 Å². The molecule has 0 amide bonds. The number of nitrogens with one attached hydrogen (secondary N) is 2. The molecule has 0 bridgehead atoms. The van der Waals surface area contributed by atoms with E-state index in [0.29, 0.717) is 12.5 Å². The molecule has 0 aromatic carbocycles. The fourth-order valence-electron chi connectivity index (χ4n) is 2.44. The van der Waals surface area contributed by atoms with Gasteiger partial charge in [-0.05, 0) is 31.4 Å². The van der Waals surface area contributed by atoms with E-state index >= 15 is 0 Å². The van der Waals surface area contributed by atoms with Gasteiger partial charge in [-0.25, -0.2) is 0 Å². The van der Waals surface area contributed by atoms with Crippen LogP contribution >= 0.6 is 24.0 Å². The van der Waals surface area contributed by atoms with E-state index in [4.69, 9.17) is 9.47 Å². The van der Waals surface area contributed by atoms with Crippen LogP contribution in [0.25, 0.3) is 0 Å². The van der Waals surface area contributed by atoms with E-state index in [1.54, 1.807) is 7.05 Å². The fraction of sp³-hybridized carbons (Fsp3) is 0.647. The van der Waals surface area contributed by atoms with Gasteiger partial charge in [0.25, 0.3) is 0 Å². The molecule has 1 aliphatic rings. The molecule has 1 aromatic rings. The van der Waals surface area contributed by atoms with Gasteiger partial charge < -0.3 is 20.1 Å². The molecule has 2 heterocycles. The van der Waals surface area contributed by atoms with Crippen molar-refractivity contribution in [2.24, 2.45) is 10.9 Å². The Kier molecular flexibility index (Phi) is 10.9. The molecule has 0 radical (unpaired) electrons. The highest BCUT2D eigenvalue weighted by atomic mass is 127. The van der Waals surface area contributed by atoms with Gasteiger partial charge in [-0.2, -0.15) is 0 Å². The third-order valence-electron chi connectivity index (χ3n) is 3.90. The number of aromatic nitrogens is 1. The summed E-state index contributed by atoms with van der Waals surface area (Å²) in [6.45, 7) is 6.88. The largest absolute Gasteiger partial charge is 0.381 e. The second-order valence-corrected chi connectivity index (χ2v) is 5.78. The third-order valence-corrected chi connectivity index (χ3v) is 3.90. The van der Waals surface area contributed by atoms with Gasteiger partial charge in [0.05, 0.1) is 25.5 Å². The average molecular weight is 448 g/mol. The summed E-state index contributed by atoms with van der Waals surface area (Å²) in [6, 6.07) is 4.01. The smallest absolute Gasteiger partial charge is 0.191 e. The molecule has 1 unspecified atom stereocenters. The molecule has 136 valence electrons. The van der Waals surface area contributed by atoms with Crippen molar-refractivity contribution in [2.75, 3.05) is 40.0 Å². The molecular formula is C17H29IN4O2. The summed E-state index contributed by atoms with van der Waals surface area (Å²) in [4.78, 5) is 8.59. The van der Waals surface area contributed by atoms with E-state index in [1.807, 2.05) is 12.3 Å². The van der Waals surface area contributed by atoms with E-state index in [1.165, 1.54) is 5.56 Å². The first-order valence-corrected chi connectivity index (χ1v) is 8.30. The first-order chi connectivity index (χ1) is 11.3. The van der Waals surface area contributed by atoms with Crippen LogP contribution in [-0.2, 0) is 16.0 Å². The van der Waals surface area contributed by atoms with Crippen LogP contribution in [0.2, 0.25) is 0 Å². The number of ether oxygens (including phenoxy) is 2. The summed E-state index contributed by atoms with van der Waals surface area (Å²) < 4.78 is 11.0. The minimum atomic E-state index is 0. The number of hydrogen-bond acceptors (Lipinski definition) is 4. The molecule has 1 fully saturated rings. The maximum Gasteiger partial charge on any atom is 0.191 e. The molecule has 0 saturated carbocycles. The molecule has 6 nitrogen and oxygen atoms in total. The zero-order valence-electron chi connectivity index (χ0n) is 14.6. The van der Waals surface area contributed by atoms with Gasteiger partial charge in [0.2, 0.25) is 0 Å². The number of nitrogens with zero attached hydrogens (tertiary/aromatic N) is 2. The molecule has 0 spiro atoms. The third kappa shape index (κ3) is 7.76. The van der Waals surface area contributed by atoms with Crippen molar-refractivity contribution < 1.29 is 9.47 Å². The number of hydrogen-bond donors (Lipinski definition) is 2. The lowest BCUT2D eigenvalue weighted by Gasteiger charge is -2.13. The van der Waals surface area contributed by atoms with E-state index in [0.717, 1.165) is 57.5 Å². The van der Waals surface area contributed by atoms with E-state index in [9.17, 15) is 0 Å². The minimum Gasteiger partial charge on any atom is -0.381 e. The second-order valence-electron chi connectivity index (χ2n) is 5.78. The normalized spacial score (nSPS) is 17.4. The lowest BCUT2D eigenvalue weighted by molar-refractivity contribution is 0.0888. The summed E-state index contributed by atoms with van der Waals surface area (Å²) in [5, 5.41) is 6.58. The zero-order valence-corrected chi connectivity index (χ0v) is 16.9.